The van der Waals surface area contributed by atoms with Crippen LogP contribution in [-0.2, 0) is 13.2 Å². The van der Waals surface area contributed by atoms with Crippen LogP contribution in [0.5, 0.6) is 0 Å². The zero-order chi connectivity index (χ0) is 21.3. The van der Waals surface area contributed by atoms with Crippen molar-refractivity contribution in [1.29, 1.82) is 0 Å². The van der Waals surface area contributed by atoms with Crippen molar-refractivity contribution in [3.05, 3.63) is 48.6 Å². The highest BCUT2D eigenvalue weighted by Crippen LogP contribution is 2.36. The molecule has 1 atom stereocenters. The fourth-order valence-corrected chi connectivity index (χ4v) is 3.59. The molecule has 0 saturated carbocycles. The first-order valence-electron chi connectivity index (χ1n) is 9.29. The Morgan fingerprint density at radius 2 is 2.10 bits per heavy atom. The van der Waals surface area contributed by atoms with Gasteiger partial charge < -0.3 is 14.8 Å². The van der Waals surface area contributed by atoms with Gasteiger partial charge in [-0.05, 0) is 31.0 Å². The Morgan fingerprint density at radius 1 is 1.27 bits per heavy atom. The molecule has 1 fully saturated rings. The average Bonchev–Trinajstić information content (AvgIpc) is 3.39. The summed E-state index contributed by atoms with van der Waals surface area (Å²) in [6.45, 7) is 0.815. The number of halogens is 3. The van der Waals surface area contributed by atoms with Gasteiger partial charge in [0.2, 0.25) is 0 Å². The molecular weight excluding hydrogens is 401 g/mol. The average molecular weight is 420 g/mol. The van der Waals surface area contributed by atoms with Crippen molar-refractivity contribution in [3.63, 3.8) is 0 Å². The standard InChI is InChI=1S/C18H19F3N8O/c1-27-11-23-26-16(27)12-3-2-6-28(8-12)17(30)25-15-5-4-13(29-10-22-9-24-29)7-14(15)18(19,20)21/h4-5,7,9-12H,2-3,6,8H2,1H3,(H,25,30)/t12-/m0/s1. The second-order valence-corrected chi connectivity index (χ2v) is 7.08. The smallest absolute Gasteiger partial charge is 0.324 e. The van der Waals surface area contributed by atoms with Crippen LogP contribution in [0.25, 0.3) is 5.69 Å². The summed E-state index contributed by atoms with van der Waals surface area (Å²) in [5.41, 5.74) is -1.07. The normalized spacial score (nSPS) is 17.2. The van der Waals surface area contributed by atoms with Crippen LogP contribution in [0.2, 0.25) is 0 Å². The van der Waals surface area contributed by atoms with E-state index in [0.29, 0.717) is 13.1 Å². The van der Waals surface area contributed by atoms with Crippen molar-refractivity contribution in [3.8, 4) is 5.69 Å². The molecule has 0 spiro atoms. The molecule has 0 aliphatic carbocycles. The fraction of sp³-hybridized carbons (Fsp3) is 0.389. The summed E-state index contributed by atoms with van der Waals surface area (Å²) in [6.07, 6.45) is 1.02. The zero-order valence-electron chi connectivity index (χ0n) is 16.0. The summed E-state index contributed by atoms with van der Waals surface area (Å²) in [7, 11) is 1.82. The number of carbonyl (C=O) groups excluding carboxylic acids is 1. The topological polar surface area (TPSA) is 93.8 Å². The van der Waals surface area contributed by atoms with Gasteiger partial charge in [-0.3, -0.25) is 0 Å². The quantitative estimate of drug-likeness (QED) is 0.703. The lowest BCUT2D eigenvalue weighted by atomic mass is 9.97. The van der Waals surface area contributed by atoms with Crippen molar-refractivity contribution >= 4 is 11.7 Å². The lowest BCUT2D eigenvalue weighted by Gasteiger charge is -2.32. The lowest BCUT2D eigenvalue weighted by molar-refractivity contribution is -0.136. The summed E-state index contributed by atoms with van der Waals surface area (Å²) in [4.78, 5) is 18.0. The number of carbonyl (C=O) groups is 1. The second-order valence-electron chi connectivity index (χ2n) is 7.08. The lowest BCUT2D eigenvalue weighted by Crippen LogP contribution is -2.42. The first kappa shape index (κ1) is 19.9. The molecule has 0 unspecified atom stereocenters. The van der Waals surface area contributed by atoms with E-state index in [1.54, 1.807) is 10.9 Å². The van der Waals surface area contributed by atoms with Gasteiger partial charge in [-0.15, -0.1) is 10.2 Å². The summed E-state index contributed by atoms with van der Waals surface area (Å²) in [5.74, 6) is 0.731. The Labute approximate surface area is 169 Å². The van der Waals surface area contributed by atoms with E-state index in [1.807, 2.05) is 7.05 Å². The van der Waals surface area contributed by atoms with Gasteiger partial charge in [-0.2, -0.15) is 18.3 Å². The van der Waals surface area contributed by atoms with E-state index in [-0.39, 0.29) is 17.3 Å². The number of piperidine rings is 1. The number of nitrogens with zero attached hydrogens (tertiary/aromatic N) is 7. The molecule has 0 radical (unpaired) electrons. The van der Waals surface area contributed by atoms with E-state index in [2.05, 4.69) is 25.6 Å². The number of anilines is 1. The number of urea groups is 1. The van der Waals surface area contributed by atoms with Crippen LogP contribution in [-0.4, -0.2) is 53.5 Å². The number of hydrogen-bond acceptors (Lipinski definition) is 5. The van der Waals surface area contributed by atoms with Crippen LogP contribution in [0.3, 0.4) is 0 Å². The second kappa shape index (κ2) is 7.76. The molecule has 1 aliphatic heterocycles. The number of rotatable bonds is 3. The van der Waals surface area contributed by atoms with E-state index in [1.165, 1.54) is 34.4 Å². The Kier molecular flexibility index (Phi) is 5.14. The van der Waals surface area contributed by atoms with Crippen LogP contribution in [0, 0.1) is 0 Å². The maximum atomic E-state index is 13.6. The van der Waals surface area contributed by atoms with Crippen LogP contribution in [0.4, 0.5) is 23.7 Å². The molecule has 1 aromatic carbocycles. The molecule has 12 heteroatoms. The number of likely N-dealkylation sites (tertiary alicyclic amines) is 1. The molecular formula is C18H19F3N8O. The highest BCUT2D eigenvalue weighted by molar-refractivity contribution is 5.90. The highest BCUT2D eigenvalue weighted by atomic mass is 19.4. The number of alkyl halides is 3. The van der Waals surface area contributed by atoms with E-state index < -0.39 is 17.8 Å². The van der Waals surface area contributed by atoms with Gasteiger partial charge in [0.05, 0.1) is 16.9 Å². The number of benzene rings is 1. The minimum absolute atomic E-state index is 0.0197. The van der Waals surface area contributed by atoms with Crippen molar-refractivity contribution in [2.24, 2.45) is 7.05 Å². The summed E-state index contributed by atoms with van der Waals surface area (Å²) in [6, 6.07) is 3.02. The van der Waals surface area contributed by atoms with Crippen molar-refractivity contribution in [2.45, 2.75) is 24.9 Å². The van der Waals surface area contributed by atoms with E-state index >= 15 is 0 Å². The Balaban J connectivity index is 1.54. The molecule has 3 heterocycles. The number of nitrogens with one attached hydrogen (secondary N) is 1. The first-order chi connectivity index (χ1) is 14.3. The van der Waals surface area contributed by atoms with Crippen LogP contribution < -0.4 is 5.32 Å². The zero-order valence-corrected chi connectivity index (χ0v) is 16.0. The molecule has 158 valence electrons. The maximum Gasteiger partial charge on any atom is 0.418 e. The summed E-state index contributed by atoms with van der Waals surface area (Å²) < 4.78 is 43.9. The van der Waals surface area contributed by atoms with Crippen LogP contribution in [0.1, 0.15) is 30.1 Å². The highest BCUT2D eigenvalue weighted by Gasteiger charge is 2.35. The summed E-state index contributed by atoms with van der Waals surface area (Å²) in [5, 5.41) is 14.2. The molecule has 0 bridgehead atoms. The molecule has 2 amide bonds. The number of hydrogen-bond donors (Lipinski definition) is 1. The number of aromatic nitrogens is 6. The minimum atomic E-state index is -4.65. The largest absolute Gasteiger partial charge is 0.418 e. The monoisotopic (exact) mass is 420 g/mol. The molecule has 3 aromatic rings. The van der Waals surface area contributed by atoms with E-state index in [9.17, 15) is 18.0 Å². The van der Waals surface area contributed by atoms with Crippen molar-refractivity contribution < 1.29 is 18.0 Å². The number of amides is 2. The molecule has 4 rings (SSSR count). The Bertz CT molecular complexity index is 1030. The predicted octanol–water partition coefficient (Wildman–Crippen LogP) is 2.83. The first-order valence-corrected chi connectivity index (χ1v) is 9.29. The molecule has 2 aromatic heterocycles. The van der Waals surface area contributed by atoms with Crippen molar-refractivity contribution in [2.75, 3.05) is 18.4 Å². The van der Waals surface area contributed by atoms with Gasteiger partial charge in [-0.25, -0.2) is 14.5 Å². The molecule has 1 saturated heterocycles. The van der Waals surface area contributed by atoms with Gasteiger partial charge in [0.1, 0.15) is 24.8 Å². The maximum absolute atomic E-state index is 13.6. The van der Waals surface area contributed by atoms with Gasteiger partial charge in [0.25, 0.3) is 0 Å². The summed E-state index contributed by atoms with van der Waals surface area (Å²) >= 11 is 0. The van der Waals surface area contributed by atoms with Gasteiger partial charge in [0.15, 0.2) is 0 Å². The Hall–Kier alpha value is -3.44. The number of aryl methyl sites for hydroxylation is 1. The fourth-order valence-electron chi connectivity index (χ4n) is 3.59. The Morgan fingerprint density at radius 3 is 2.77 bits per heavy atom. The van der Waals surface area contributed by atoms with E-state index in [0.717, 1.165) is 24.7 Å². The van der Waals surface area contributed by atoms with Crippen LogP contribution >= 0.6 is 0 Å². The van der Waals surface area contributed by atoms with Gasteiger partial charge in [0, 0.05) is 26.1 Å². The third-order valence-corrected chi connectivity index (χ3v) is 5.05. The predicted molar refractivity (Wildman–Crippen MR) is 99.9 cm³/mol. The third-order valence-electron chi connectivity index (χ3n) is 5.05. The molecule has 1 N–H and O–H groups in total. The third kappa shape index (κ3) is 3.98. The van der Waals surface area contributed by atoms with Gasteiger partial charge >= 0.3 is 12.2 Å². The van der Waals surface area contributed by atoms with Crippen LogP contribution in [0.15, 0.2) is 37.2 Å². The minimum Gasteiger partial charge on any atom is -0.324 e. The van der Waals surface area contributed by atoms with Gasteiger partial charge in [-0.1, -0.05) is 0 Å². The molecule has 1 aliphatic rings. The molecule has 30 heavy (non-hydrogen) atoms. The molecule has 9 nitrogen and oxygen atoms in total. The SMILES string of the molecule is Cn1cnnc1[C@H]1CCCN(C(=O)Nc2ccc(-n3cncn3)cc2C(F)(F)F)C1. The van der Waals surface area contributed by atoms with E-state index in [4.69, 9.17) is 0 Å². The van der Waals surface area contributed by atoms with Crippen molar-refractivity contribution in [1.82, 2.24) is 34.4 Å².